The number of nitrogens with one attached hydrogen (secondary N) is 1. The van der Waals surface area contributed by atoms with Crippen molar-refractivity contribution < 1.29 is 14.7 Å². The van der Waals surface area contributed by atoms with Gasteiger partial charge in [-0.15, -0.1) is 0 Å². The molecule has 118 valence electrons. The van der Waals surface area contributed by atoms with E-state index in [9.17, 15) is 9.59 Å². The van der Waals surface area contributed by atoms with Crippen LogP contribution in [0.3, 0.4) is 0 Å². The van der Waals surface area contributed by atoms with E-state index in [2.05, 4.69) is 24.1 Å². The molecule has 0 aliphatic carbocycles. The molecule has 0 rings (SSSR count). The van der Waals surface area contributed by atoms with Gasteiger partial charge in [-0.05, 0) is 41.2 Å². The second-order valence-corrected chi connectivity index (χ2v) is 6.12. The number of hydrogen-bond acceptors (Lipinski definition) is 3. The van der Waals surface area contributed by atoms with Gasteiger partial charge in [-0.1, -0.05) is 6.92 Å². The fraction of sp³-hybridized carbons (Fsp3) is 0.857. The van der Waals surface area contributed by atoms with E-state index in [-0.39, 0.29) is 12.6 Å². The average molecular weight is 287 g/mol. The Kier molecular flexibility index (Phi) is 7.57. The number of carbonyl (C=O) groups is 2. The summed E-state index contributed by atoms with van der Waals surface area (Å²) in [5.74, 6) is -1.01. The maximum atomic E-state index is 12.1. The highest BCUT2D eigenvalue weighted by Gasteiger charge is 2.28. The van der Waals surface area contributed by atoms with Crippen molar-refractivity contribution in [2.75, 3.05) is 26.7 Å². The molecule has 0 saturated carbocycles. The topological polar surface area (TPSA) is 72.9 Å². The Morgan fingerprint density at radius 1 is 1.30 bits per heavy atom. The minimum atomic E-state index is -1.01. The Balaban J connectivity index is 4.38. The second-order valence-electron chi connectivity index (χ2n) is 6.12. The molecule has 1 unspecified atom stereocenters. The zero-order chi connectivity index (χ0) is 15.9. The van der Waals surface area contributed by atoms with E-state index >= 15 is 0 Å². The molecular weight excluding hydrogens is 258 g/mol. The second kappa shape index (κ2) is 8.09. The third-order valence-corrected chi connectivity index (χ3v) is 3.43. The third-order valence-electron chi connectivity index (χ3n) is 3.43. The van der Waals surface area contributed by atoms with Crippen LogP contribution in [0.2, 0.25) is 0 Å². The predicted octanol–water partition coefficient (Wildman–Crippen LogP) is 1.61. The summed E-state index contributed by atoms with van der Waals surface area (Å²) in [6.45, 7) is 10.7. The van der Waals surface area contributed by atoms with Gasteiger partial charge in [-0.3, -0.25) is 4.79 Å². The standard InChI is InChI=1S/C14H29N3O3/c1-7-11(2)16(6)9-8-15-13(20)17(10-12(18)19)14(3,4)5/h11H,7-10H2,1-6H3,(H,15,20)(H,18,19). The number of likely N-dealkylation sites (N-methyl/N-ethyl adjacent to an activating group) is 1. The number of carbonyl (C=O) groups excluding carboxylic acids is 1. The van der Waals surface area contributed by atoms with Crippen molar-refractivity contribution in [2.24, 2.45) is 0 Å². The van der Waals surface area contributed by atoms with E-state index < -0.39 is 11.5 Å². The number of carboxylic acids is 1. The van der Waals surface area contributed by atoms with Gasteiger partial charge in [0.15, 0.2) is 0 Å². The Morgan fingerprint density at radius 2 is 1.85 bits per heavy atom. The third kappa shape index (κ3) is 6.75. The number of nitrogens with zero attached hydrogens (tertiary/aromatic N) is 2. The van der Waals surface area contributed by atoms with Crippen LogP contribution in [0.1, 0.15) is 41.0 Å². The highest BCUT2D eigenvalue weighted by atomic mass is 16.4. The van der Waals surface area contributed by atoms with Gasteiger partial charge in [0, 0.05) is 24.7 Å². The normalized spacial score (nSPS) is 13.2. The summed E-state index contributed by atoms with van der Waals surface area (Å²) < 4.78 is 0. The van der Waals surface area contributed by atoms with Gasteiger partial charge < -0.3 is 20.2 Å². The first-order valence-corrected chi connectivity index (χ1v) is 7.07. The van der Waals surface area contributed by atoms with Gasteiger partial charge >= 0.3 is 12.0 Å². The van der Waals surface area contributed by atoms with E-state index in [0.717, 1.165) is 13.0 Å². The lowest BCUT2D eigenvalue weighted by molar-refractivity contribution is -0.138. The first-order chi connectivity index (χ1) is 9.09. The molecule has 6 nitrogen and oxygen atoms in total. The van der Waals surface area contributed by atoms with Gasteiger partial charge in [0.25, 0.3) is 0 Å². The molecule has 0 aromatic heterocycles. The van der Waals surface area contributed by atoms with Crippen LogP contribution in [-0.2, 0) is 4.79 Å². The Bertz CT molecular complexity index is 326. The van der Waals surface area contributed by atoms with Gasteiger partial charge in [0.2, 0.25) is 0 Å². The van der Waals surface area contributed by atoms with E-state index in [0.29, 0.717) is 12.6 Å². The number of amides is 2. The van der Waals surface area contributed by atoms with Crippen LogP contribution in [0.5, 0.6) is 0 Å². The summed E-state index contributed by atoms with van der Waals surface area (Å²) in [5.41, 5.74) is -0.523. The molecule has 0 saturated heterocycles. The number of aliphatic carboxylic acids is 1. The Morgan fingerprint density at radius 3 is 2.25 bits per heavy atom. The fourth-order valence-electron chi connectivity index (χ4n) is 1.72. The van der Waals surface area contributed by atoms with Crippen LogP contribution in [0.15, 0.2) is 0 Å². The Labute approximate surface area is 122 Å². The van der Waals surface area contributed by atoms with Crippen molar-refractivity contribution >= 4 is 12.0 Å². The summed E-state index contributed by atoms with van der Waals surface area (Å²) in [4.78, 5) is 26.4. The lowest BCUT2D eigenvalue weighted by Gasteiger charge is -2.34. The van der Waals surface area contributed by atoms with Crippen LogP contribution in [-0.4, -0.2) is 65.2 Å². The van der Waals surface area contributed by atoms with Crippen LogP contribution in [0.25, 0.3) is 0 Å². The molecule has 6 heteroatoms. The molecule has 0 aromatic rings. The number of urea groups is 1. The molecule has 2 amide bonds. The van der Waals surface area contributed by atoms with Crippen LogP contribution >= 0.6 is 0 Å². The zero-order valence-corrected chi connectivity index (χ0v) is 13.6. The monoisotopic (exact) mass is 287 g/mol. The lowest BCUT2D eigenvalue weighted by Crippen LogP contribution is -2.53. The average Bonchev–Trinajstić information content (AvgIpc) is 2.32. The Hall–Kier alpha value is -1.30. The van der Waals surface area contributed by atoms with Crippen molar-refractivity contribution in [1.29, 1.82) is 0 Å². The predicted molar refractivity (Wildman–Crippen MR) is 79.9 cm³/mol. The fourth-order valence-corrected chi connectivity index (χ4v) is 1.72. The van der Waals surface area contributed by atoms with Crippen molar-refractivity contribution in [3.8, 4) is 0 Å². The molecule has 0 aliphatic rings. The molecule has 20 heavy (non-hydrogen) atoms. The highest BCUT2D eigenvalue weighted by Crippen LogP contribution is 2.12. The maximum Gasteiger partial charge on any atom is 0.323 e. The number of carboxylic acid groups (broad SMARTS) is 1. The SMILES string of the molecule is CCC(C)N(C)CCNC(=O)N(CC(=O)O)C(C)(C)C. The van der Waals surface area contributed by atoms with E-state index in [1.807, 2.05) is 27.8 Å². The molecule has 0 heterocycles. The summed E-state index contributed by atoms with van der Waals surface area (Å²) in [7, 11) is 2.01. The maximum absolute atomic E-state index is 12.1. The van der Waals surface area contributed by atoms with Crippen molar-refractivity contribution in [3.63, 3.8) is 0 Å². The summed E-state index contributed by atoms with van der Waals surface area (Å²) in [6.07, 6.45) is 1.05. The molecule has 0 radical (unpaired) electrons. The zero-order valence-electron chi connectivity index (χ0n) is 13.6. The van der Waals surface area contributed by atoms with Gasteiger partial charge in [0.05, 0.1) is 0 Å². The van der Waals surface area contributed by atoms with Crippen LogP contribution in [0.4, 0.5) is 4.79 Å². The summed E-state index contributed by atoms with van der Waals surface area (Å²) in [5, 5.41) is 11.7. The van der Waals surface area contributed by atoms with Gasteiger partial charge in [0.1, 0.15) is 6.54 Å². The molecule has 2 N–H and O–H groups in total. The lowest BCUT2D eigenvalue weighted by atomic mass is 10.1. The first-order valence-electron chi connectivity index (χ1n) is 7.07. The quantitative estimate of drug-likeness (QED) is 0.746. The summed E-state index contributed by atoms with van der Waals surface area (Å²) >= 11 is 0. The molecule has 0 bridgehead atoms. The molecule has 1 atom stereocenters. The molecule has 0 aliphatic heterocycles. The largest absolute Gasteiger partial charge is 0.480 e. The molecule has 0 aromatic carbocycles. The van der Waals surface area contributed by atoms with Crippen molar-refractivity contribution in [2.45, 2.75) is 52.6 Å². The van der Waals surface area contributed by atoms with E-state index in [1.165, 1.54) is 4.90 Å². The number of hydrogen-bond donors (Lipinski definition) is 2. The van der Waals surface area contributed by atoms with E-state index in [1.54, 1.807) is 0 Å². The van der Waals surface area contributed by atoms with E-state index in [4.69, 9.17) is 5.11 Å². The smallest absolute Gasteiger partial charge is 0.323 e. The summed E-state index contributed by atoms with van der Waals surface area (Å²) in [6, 6.07) is 0.127. The minimum Gasteiger partial charge on any atom is -0.480 e. The van der Waals surface area contributed by atoms with Crippen LogP contribution in [0, 0.1) is 0 Å². The van der Waals surface area contributed by atoms with Crippen molar-refractivity contribution in [3.05, 3.63) is 0 Å². The molecule has 0 fully saturated rings. The minimum absolute atomic E-state index is 0.295. The first kappa shape index (κ1) is 18.7. The molecular formula is C14H29N3O3. The van der Waals surface area contributed by atoms with Crippen molar-refractivity contribution in [1.82, 2.24) is 15.1 Å². The van der Waals surface area contributed by atoms with Crippen LogP contribution < -0.4 is 5.32 Å². The van der Waals surface area contributed by atoms with Gasteiger partial charge in [-0.25, -0.2) is 4.79 Å². The van der Waals surface area contributed by atoms with Gasteiger partial charge in [-0.2, -0.15) is 0 Å². The molecule has 0 spiro atoms. The number of rotatable bonds is 7. The highest BCUT2D eigenvalue weighted by molar-refractivity contribution is 5.80.